The summed E-state index contributed by atoms with van der Waals surface area (Å²) in [5.41, 5.74) is 4.66. The molecule has 0 saturated carbocycles. The van der Waals surface area contributed by atoms with E-state index in [-0.39, 0.29) is 12.3 Å². The van der Waals surface area contributed by atoms with E-state index in [2.05, 4.69) is 5.32 Å². The molecule has 0 aliphatic carbocycles. The zero-order chi connectivity index (χ0) is 30.2. The van der Waals surface area contributed by atoms with Crippen molar-refractivity contribution >= 4 is 41.5 Å². The lowest BCUT2D eigenvalue weighted by molar-refractivity contribution is -0.158. The first-order valence-corrected chi connectivity index (χ1v) is 13.4. The van der Waals surface area contributed by atoms with E-state index in [9.17, 15) is 29.1 Å². The zero-order valence-electron chi connectivity index (χ0n) is 23.5. The van der Waals surface area contributed by atoms with E-state index in [1.807, 2.05) is 0 Å². The van der Waals surface area contributed by atoms with Crippen LogP contribution in [0.4, 0.5) is 4.79 Å². The zero-order valence-corrected chi connectivity index (χ0v) is 24.3. The number of nitrogens with two attached hydrogens (primary N) is 1. The van der Waals surface area contributed by atoms with E-state index >= 15 is 0 Å². The number of rotatable bonds is 8. The van der Waals surface area contributed by atoms with Gasteiger partial charge in [-0.2, -0.15) is 0 Å². The minimum absolute atomic E-state index is 0.300. The van der Waals surface area contributed by atoms with Gasteiger partial charge in [0.1, 0.15) is 40.0 Å². The van der Waals surface area contributed by atoms with Gasteiger partial charge in [-0.15, -0.1) is 11.8 Å². The maximum Gasteiger partial charge on any atom is 0.408 e. The lowest BCUT2D eigenvalue weighted by atomic mass is 9.85. The number of carbonyl (C=O) groups excluding carboxylic acids is 4. The van der Waals surface area contributed by atoms with Crippen molar-refractivity contribution in [1.82, 2.24) is 10.2 Å². The van der Waals surface area contributed by atoms with E-state index < -0.39 is 63.1 Å². The van der Waals surface area contributed by atoms with Crippen LogP contribution in [0.25, 0.3) is 0 Å². The Hall–Kier alpha value is -3.58. The minimum Gasteiger partial charge on any atom is -0.482 e. The van der Waals surface area contributed by atoms with Gasteiger partial charge in [0.15, 0.2) is 12.4 Å². The molecule has 4 N–H and O–H groups in total. The number of aliphatic carboxylic acids is 1. The van der Waals surface area contributed by atoms with E-state index in [1.165, 1.54) is 30.3 Å². The summed E-state index contributed by atoms with van der Waals surface area (Å²) in [4.78, 5) is 63.1. The second-order valence-corrected chi connectivity index (χ2v) is 13.2. The summed E-state index contributed by atoms with van der Waals surface area (Å²) in [6.07, 6.45) is 0.382. The maximum absolute atomic E-state index is 13.8. The number of amides is 2. The average molecular weight is 578 g/mol. The Labute approximate surface area is 236 Å². The largest absolute Gasteiger partial charge is 0.482 e. The molecule has 0 bridgehead atoms. The Kier molecular flexibility index (Phi) is 8.61. The van der Waals surface area contributed by atoms with Gasteiger partial charge >= 0.3 is 18.0 Å². The van der Waals surface area contributed by atoms with Gasteiger partial charge in [-0.3, -0.25) is 14.5 Å². The Morgan fingerprint density at radius 3 is 2.17 bits per heavy atom. The van der Waals surface area contributed by atoms with Crippen LogP contribution in [0.1, 0.15) is 60.1 Å². The van der Waals surface area contributed by atoms with Crippen molar-refractivity contribution in [2.45, 2.75) is 76.0 Å². The van der Waals surface area contributed by atoms with Gasteiger partial charge in [-0.05, 0) is 72.2 Å². The number of thioether (sulfide) groups is 1. The molecular weight excluding hydrogens is 542 g/mol. The second kappa shape index (κ2) is 11.1. The molecule has 1 aromatic rings. The first-order chi connectivity index (χ1) is 18.3. The number of esters is 1. The number of carbonyl (C=O) groups is 5. The molecular formula is C27H35N3O9S. The molecule has 0 spiro atoms. The van der Waals surface area contributed by atoms with Gasteiger partial charge in [-0.1, -0.05) is 12.1 Å². The molecule has 2 amide bonds. The van der Waals surface area contributed by atoms with Crippen molar-refractivity contribution in [3.05, 3.63) is 41.6 Å². The number of nitrogens with zero attached hydrogens (tertiary/aromatic N) is 1. The monoisotopic (exact) mass is 577 g/mol. The number of β-lactam (4-membered cyclic amide) rings is 1. The Bertz CT molecular complexity index is 1230. The predicted molar refractivity (Wildman–Crippen MR) is 145 cm³/mol. The SMILES string of the molecule is CC(C)(C)OC(=O)COc1ccc(C(NC(=O)OC(C)(C)C)C(=O)C2C(=O)N3C(C(=O)O)=CC(C)(N)S[C@H]23)cc1. The lowest BCUT2D eigenvalue weighted by Gasteiger charge is -2.51. The van der Waals surface area contributed by atoms with Crippen LogP contribution in [0.3, 0.4) is 0 Å². The standard InChI is InChI=1S/C27H35N3O9S/c1-25(2,3)38-17(31)13-37-15-10-8-14(9-11-15)19(29-24(36)39-26(4,5)6)20(32)18-21(33)30-16(23(34)35)12-27(7,28)40-22(18)30/h8-12,18-19,22H,13,28H2,1-7H3,(H,29,36)(H,34,35)/t18?,19?,22-,27?/m1/s1. The van der Waals surface area contributed by atoms with E-state index in [0.717, 1.165) is 16.7 Å². The van der Waals surface area contributed by atoms with E-state index in [0.29, 0.717) is 11.3 Å². The quantitative estimate of drug-likeness (QED) is 0.235. The maximum atomic E-state index is 13.8. The number of ether oxygens (including phenoxy) is 3. The first kappa shape index (κ1) is 31.0. The topological polar surface area (TPSA) is 175 Å². The molecule has 218 valence electrons. The number of nitrogens with one attached hydrogen (secondary N) is 1. The van der Waals surface area contributed by atoms with Crippen LogP contribution in [0, 0.1) is 5.92 Å². The van der Waals surface area contributed by atoms with Gasteiger partial charge in [0.25, 0.3) is 0 Å². The number of fused-ring (bicyclic) bond motifs is 1. The van der Waals surface area contributed by atoms with Gasteiger partial charge < -0.3 is 30.4 Å². The second-order valence-electron chi connectivity index (χ2n) is 11.6. The molecule has 1 fully saturated rings. The summed E-state index contributed by atoms with van der Waals surface area (Å²) in [6, 6.07) is 4.71. The van der Waals surface area contributed by atoms with Crippen molar-refractivity contribution < 1.29 is 43.3 Å². The normalized spacial score (nSPS) is 23.1. The van der Waals surface area contributed by atoms with Gasteiger partial charge in [0.05, 0.1) is 4.87 Å². The van der Waals surface area contributed by atoms with Crippen molar-refractivity contribution in [3.63, 3.8) is 0 Å². The van der Waals surface area contributed by atoms with Crippen LogP contribution in [-0.2, 0) is 28.7 Å². The Balaban J connectivity index is 1.85. The molecule has 0 radical (unpaired) electrons. The molecule has 4 atom stereocenters. The smallest absolute Gasteiger partial charge is 0.408 e. The number of alkyl carbamates (subject to hydrolysis) is 1. The highest BCUT2D eigenvalue weighted by Gasteiger charge is 2.59. The minimum atomic E-state index is -1.34. The third-order valence-electron chi connectivity index (χ3n) is 5.56. The number of hydrogen-bond donors (Lipinski definition) is 3. The molecule has 1 saturated heterocycles. The molecule has 2 heterocycles. The third kappa shape index (κ3) is 7.54. The summed E-state index contributed by atoms with van der Waals surface area (Å²) in [7, 11) is 0. The van der Waals surface area contributed by atoms with E-state index in [1.54, 1.807) is 48.5 Å². The predicted octanol–water partition coefficient (Wildman–Crippen LogP) is 2.72. The molecule has 0 aromatic heterocycles. The molecule has 1 aromatic carbocycles. The van der Waals surface area contributed by atoms with Crippen molar-refractivity contribution in [1.29, 1.82) is 0 Å². The summed E-state index contributed by atoms with van der Waals surface area (Å²) >= 11 is 1.07. The fraction of sp³-hybridized carbons (Fsp3) is 0.519. The average Bonchev–Trinajstić information content (AvgIpc) is 2.78. The van der Waals surface area contributed by atoms with Crippen LogP contribution in [-0.4, -0.2) is 67.8 Å². The summed E-state index contributed by atoms with van der Waals surface area (Å²) < 4.78 is 16.0. The number of Topliss-reactive ketones (excluding diaryl/α,β-unsaturated/α-hetero) is 1. The number of benzene rings is 1. The molecule has 2 aliphatic rings. The van der Waals surface area contributed by atoms with Gasteiger partial charge in [0, 0.05) is 0 Å². The van der Waals surface area contributed by atoms with Gasteiger partial charge in [-0.25, -0.2) is 14.4 Å². The Morgan fingerprint density at radius 2 is 1.65 bits per heavy atom. The molecule has 12 nitrogen and oxygen atoms in total. The number of hydrogen-bond acceptors (Lipinski definition) is 10. The highest BCUT2D eigenvalue weighted by molar-refractivity contribution is 8.01. The molecule has 2 aliphatic heterocycles. The van der Waals surface area contributed by atoms with Crippen LogP contribution in [0.15, 0.2) is 36.0 Å². The third-order valence-corrected chi connectivity index (χ3v) is 6.91. The fourth-order valence-corrected chi connectivity index (χ4v) is 5.51. The number of carboxylic acids is 1. The highest BCUT2D eigenvalue weighted by Crippen LogP contribution is 2.48. The van der Waals surface area contributed by atoms with Crippen molar-refractivity contribution in [2.75, 3.05) is 6.61 Å². The fourth-order valence-electron chi connectivity index (χ4n) is 4.10. The molecule has 3 rings (SSSR count). The van der Waals surface area contributed by atoms with Crippen LogP contribution in [0.2, 0.25) is 0 Å². The Morgan fingerprint density at radius 1 is 1.07 bits per heavy atom. The highest BCUT2D eigenvalue weighted by atomic mass is 32.2. The summed E-state index contributed by atoms with van der Waals surface area (Å²) in [5, 5.41) is 11.2. The molecule has 3 unspecified atom stereocenters. The first-order valence-electron chi connectivity index (χ1n) is 12.5. The van der Waals surface area contributed by atoms with Crippen LogP contribution >= 0.6 is 11.8 Å². The summed E-state index contributed by atoms with van der Waals surface area (Å²) in [6.45, 7) is 11.4. The summed E-state index contributed by atoms with van der Waals surface area (Å²) in [5.74, 6) is -4.22. The number of ketones is 1. The van der Waals surface area contributed by atoms with Crippen molar-refractivity contribution in [2.24, 2.45) is 11.7 Å². The molecule has 40 heavy (non-hydrogen) atoms. The molecule has 13 heteroatoms. The number of carboxylic acid groups (broad SMARTS) is 1. The van der Waals surface area contributed by atoms with E-state index in [4.69, 9.17) is 19.9 Å². The van der Waals surface area contributed by atoms with Gasteiger partial charge in [0.2, 0.25) is 5.91 Å². The van der Waals surface area contributed by atoms with Crippen LogP contribution in [0.5, 0.6) is 5.75 Å². The van der Waals surface area contributed by atoms with Crippen LogP contribution < -0.4 is 15.8 Å². The lowest BCUT2D eigenvalue weighted by Crippen LogP contribution is -2.67. The van der Waals surface area contributed by atoms with Crippen molar-refractivity contribution in [3.8, 4) is 5.75 Å².